The molecule has 124 valence electrons. The molecule has 0 aliphatic carbocycles. The zero-order valence-electron chi connectivity index (χ0n) is 13.7. The summed E-state index contributed by atoms with van der Waals surface area (Å²) >= 11 is 1.67. The van der Waals surface area contributed by atoms with Crippen LogP contribution in [0.1, 0.15) is 30.7 Å². The maximum atomic E-state index is 12.4. The molecule has 0 aliphatic rings. The molecule has 23 heavy (non-hydrogen) atoms. The lowest BCUT2D eigenvalue weighted by atomic mass is 10.1. The lowest BCUT2D eigenvalue weighted by Crippen LogP contribution is -2.43. The van der Waals surface area contributed by atoms with Crippen LogP contribution in [0, 0.1) is 0 Å². The first-order valence-corrected chi connectivity index (χ1v) is 8.82. The molecule has 4 nitrogen and oxygen atoms in total. The molecule has 1 atom stereocenters. The molecule has 0 bridgehead atoms. The van der Waals surface area contributed by atoms with Crippen LogP contribution in [0.5, 0.6) is 5.75 Å². The summed E-state index contributed by atoms with van der Waals surface area (Å²) in [5.74, 6) is 0.280. The van der Waals surface area contributed by atoms with Crippen LogP contribution < -0.4 is 5.32 Å². The van der Waals surface area contributed by atoms with Gasteiger partial charge in [0.1, 0.15) is 5.75 Å². The summed E-state index contributed by atoms with van der Waals surface area (Å²) in [6.07, 6.45) is 1.74. The minimum absolute atomic E-state index is 0.0147. The molecule has 1 heterocycles. The number of urea groups is 1. The Hall–Kier alpha value is -2.01. The van der Waals surface area contributed by atoms with Crippen molar-refractivity contribution in [1.82, 2.24) is 10.2 Å². The van der Waals surface area contributed by atoms with Crippen LogP contribution in [0.2, 0.25) is 0 Å². The van der Waals surface area contributed by atoms with Gasteiger partial charge in [-0.15, -0.1) is 11.3 Å². The van der Waals surface area contributed by atoms with Gasteiger partial charge in [-0.25, -0.2) is 4.79 Å². The quantitative estimate of drug-likeness (QED) is 0.805. The van der Waals surface area contributed by atoms with Crippen LogP contribution in [0.4, 0.5) is 4.79 Å². The second-order valence-electron chi connectivity index (χ2n) is 5.65. The lowest BCUT2D eigenvalue weighted by molar-refractivity contribution is 0.194. The monoisotopic (exact) mass is 332 g/mol. The van der Waals surface area contributed by atoms with Crippen molar-refractivity contribution in [2.24, 2.45) is 0 Å². The first-order valence-electron chi connectivity index (χ1n) is 7.94. The molecule has 2 rings (SSSR count). The van der Waals surface area contributed by atoms with E-state index in [0.29, 0.717) is 13.1 Å². The second-order valence-corrected chi connectivity index (χ2v) is 6.68. The predicted octanol–water partition coefficient (Wildman–Crippen LogP) is 4.01. The van der Waals surface area contributed by atoms with Crippen LogP contribution in [0.25, 0.3) is 0 Å². The fourth-order valence-electron chi connectivity index (χ4n) is 2.34. The van der Waals surface area contributed by atoms with Gasteiger partial charge in [-0.3, -0.25) is 0 Å². The molecule has 2 N–H and O–H groups in total. The van der Waals surface area contributed by atoms with Gasteiger partial charge in [0.2, 0.25) is 0 Å². The maximum absolute atomic E-state index is 12.4. The molecule has 1 unspecified atom stereocenters. The molecule has 5 heteroatoms. The number of aryl methyl sites for hydroxylation is 1. The number of phenols is 1. The Balaban J connectivity index is 1.79. The van der Waals surface area contributed by atoms with Crippen LogP contribution in [0.15, 0.2) is 41.8 Å². The molecule has 0 spiro atoms. The largest absolute Gasteiger partial charge is 0.508 e. The number of benzene rings is 1. The van der Waals surface area contributed by atoms with Gasteiger partial charge < -0.3 is 15.3 Å². The van der Waals surface area contributed by atoms with E-state index in [1.807, 2.05) is 42.3 Å². The van der Waals surface area contributed by atoms with Gasteiger partial charge in [0.25, 0.3) is 0 Å². The number of aromatic hydroxyl groups is 1. The average molecular weight is 332 g/mol. The van der Waals surface area contributed by atoms with E-state index in [1.54, 1.807) is 23.5 Å². The minimum Gasteiger partial charge on any atom is -0.508 e. The Morgan fingerprint density at radius 1 is 1.30 bits per heavy atom. The summed E-state index contributed by atoms with van der Waals surface area (Å²) in [5, 5.41) is 14.4. The van der Waals surface area contributed by atoms with Gasteiger partial charge in [-0.2, -0.15) is 0 Å². The SMILES string of the molecule is CCN(Cc1cccs1)C(=O)NC(C)CCc1ccc(O)cc1. The standard InChI is InChI=1S/C18H24N2O2S/c1-3-20(13-17-5-4-12-23-17)18(22)19-14(2)6-7-15-8-10-16(21)11-9-15/h4-5,8-12,14,21H,3,6-7,13H2,1-2H3,(H,19,22). The van der Waals surface area contributed by atoms with E-state index in [4.69, 9.17) is 0 Å². The summed E-state index contributed by atoms with van der Waals surface area (Å²) in [4.78, 5) is 15.4. The van der Waals surface area contributed by atoms with Crippen LogP contribution >= 0.6 is 11.3 Å². The number of rotatable bonds is 7. The first-order chi connectivity index (χ1) is 11.1. The number of phenolic OH excluding ortho intramolecular Hbond substituents is 1. The lowest BCUT2D eigenvalue weighted by Gasteiger charge is -2.23. The minimum atomic E-state index is -0.0147. The van der Waals surface area contributed by atoms with Gasteiger partial charge in [0.05, 0.1) is 6.54 Å². The first kappa shape index (κ1) is 17.3. The van der Waals surface area contributed by atoms with Crippen molar-refractivity contribution in [1.29, 1.82) is 0 Å². The van der Waals surface area contributed by atoms with E-state index in [9.17, 15) is 9.90 Å². The highest BCUT2D eigenvalue weighted by Gasteiger charge is 2.15. The third-order valence-electron chi connectivity index (χ3n) is 3.77. The molecular formula is C18H24N2O2S. The average Bonchev–Trinajstić information content (AvgIpc) is 3.05. The third-order valence-corrected chi connectivity index (χ3v) is 4.63. The fraction of sp³-hybridized carbons (Fsp3) is 0.389. The van der Waals surface area contributed by atoms with Crippen molar-refractivity contribution >= 4 is 17.4 Å². The van der Waals surface area contributed by atoms with Crippen molar-refractivity contribution in [3.63, 3.8) is 0 Å². The van der Waals surface area contributed by atoms with Crippen molar-refractivity contribution in [3.8, 4) is 5.75 Å². The van der Waals surface area contributed by atoms with E-state index < -0.39 is 0 Å². The van der Waals surface area contributed by atoms with Gasteiger partial charge in [-0.1, -0.05) is 18.2 Å². The second kappa shape index (κ2) is 8.58. The van der Waals surface area contributed by atoms with Gasteiger partial charge >= 0.3 is 6.03 Å². The summed E-state index contributed by atoms with van der Waals surface area (Å²) in [6, 6.07) is 11.4. The molecular weight excluding hydrogens is 308 g/mol. The number of carbonyl (C=O) groups is 1. The summed E-state index contributed by atoms with van der Waals surface area (Å²) < 4.78 is 0. The molecule has 1 aromatic carbocycles. The van der Waals surface area contributed by atoms with Crippen LogP contribution in [-0.4, -0.2) is 28.6 Å². The number of hydrogen-bond donors (Lipinski definition) is 2. The molecule has 0 radical (unpaired) electrons. The summed E-state index contributed by atoms with van der Waals surface area (Å²) in [6.45, 7) is 5.37. The molecule has 1 aromatic heterocycles. The molecule has 0 fully saturated rings. The Bertz CT molecular complexity index is 596. The number of thiophene rings is 1. The van der Waals surface area contributed by atoms with E-state index in [0.717, 1.165) is 18.4 Å². The molecule has 2 amide bonds. The van der Waals surface area contributed by atoms with Gasteiger partial charge in [-0.05, 0) is 55.8 Å². The van der Waals surface area contributed by atoms with E-state index in [2.05, 4.69) is 11.4 Å². The number of carbonyl (C=O) groups excluding carboxylic acids is 1. The summed E-state index contributed by atoms with van der Waals surface area (Å²) in [7, 11) is 0. The Kier molecular flexibility index (Phi) is 6.47. The van der Waals surface area contributed by atoms with Crippen molar-refractivity contribution < 1.29 is 9.90 Å². The maximum Gasteiger partial charge on any atom is 0.317 e. The van der Waals surface area contributed by atoms with Gasteiger partial charge in [0, 0.05) is 17.5 Å². The highest BCUT2D eigenvalue weighted by molar-refractivity contribution is 7.09. The van der Waals surface area contributed by atoms with E-state index >= 15 is 0 Å². The van der Waals surface area contributed by atoms with Crippen LogP contribution in [0.3, 0.4) is 0 Å². The number of hydrogen-bond acceptors (Lipinski definition) is 3. The molecule has 0 saturated carbocycles. The van der Waals surface area contributed by atoms with Crippen molar-refractivity contribution in [2.75, 3.05) is 6.54 Å². The number of nitrogens with one attached hydrogen (secondary N) is 1. The Morgan fingerprint density at radius 3 is 2.65 bits per heavy atom. The van der Waals surface area contributed by atoms with Gasteiger partial charge in [0.15, 0.2) is 0 Å². The van der Waals surface area contributed by atoms with E-state index in [-0.39, 0.29) is 17.8 Å². The smallest absolute Gasteiger partial charge is 0.317 e. The van der Waals surface area contributed by atoms with Crippen molar-refractivity contribution in [2.45, 2.75) is 39.3 Å². The Morgan fingerprint density at radius 2 is 2.04 bits per heavy atom. The molecule has 2 aromatic rings. The highest BCUT2D eigenvalue weighted by Crippen LogP contribution is 2.13. The molecule has 0 aliphatic heterocycles. The normalized spacial score (nSPS) is 11.9. The number of nitrogens with zero attached hydrogens (tertiary/aromatic N) is 1. The van der Waals surface area contributed by atoms with Crippen molar-refractivity contribution in [3.05, 3.63) is 52.2 Å². The van der Waals surface area contributed by atoms with E-state index in [1.165, 1.54) is 4.88 Å². The summed E-state index contributed by atoms with van der Waals surface area (Å²) in [5.41, 5.74) is 1.16. The van der Waals surface area contributed by atoms with Crippen LogP contribution in [-0.2, 0) is 13.0 Å². The topological polar surface area (TPSA) is 52.6 Å². The third kappa shape index (κ3) is 5.60. The zero-order chi connectivity index (χ0) is 16.7. The predicted molar refractivity (Wildman–Crippen MR) is 94.8 cm³/mol. The fourth-order valence-corrected chi connectivity index (χ4v) is 3.06. The molecule has 0 saturated heterocycles. The Labute approximate surface area is 141 Å². The highest BCUT2D eigenvalue weighted by atomic mass is 32.1. The number of amides is 2. The zero-order valence-corrected chi connectivity index (χ0v) is 14.5.